The number of halogens is 2. The van der Waals surface area contributed by atoms with Crippen molar-refractivity contribution in [3.05, 3.63) is 50.6 Å². The Bertz CT molecular complexity index is 3380. The zero-order chi connectivity index (χ0) is 104. The van der Waals surface area contributed by atoms with Crippen molar-refractivity contribution >= 4 is 141 Å². The number of aliphatic carboxylic acids is 1. The maximum atomic E-state index is 11.3. The van der Waals surface area contributed by atoms with Crippen LogP contribution in [0, 0.1) is 0 Å². The molecule has 2 aliphatic carbocycles. The van der Waals surface area contributed by atoms with Crippen LogP contribution in [0.5, 0.6) is 0 Å². The van der Waals surface area contributed by atoms with Crippen LogP contribution in [0.3, 0.4) is 0 Å². The number of ether oxygens (including phenoxy) is 12. The molecule has 0 aromatic rings. The largest absolute Gasteiger partial charge is 0.480 e. The first-order chi connectivity index (χ1) is 66.0. The molecular weight excluding hydrogens is 1880 g/mol. The molecule has 138 heavy (non-hydrogen) atoms. The fourth-order valence-electron chi connectivity index (χ4n) is 10.3. The topological polar surface area (TPSA) is 621 Å². The summed E-state index contributed by atoms with van der Waals surface area (Å²) in [6.07, 6.45) is 18.1. The number of aliphatic hydroxyl groups excluding tert-OH is 3. The Morgan fingerprint density at radius 3 is 0.717 bits per heavy atom. The predicted octanol–water partition coefficient (Wildman–Crippen LogP) is 2.97. The average molecular weight is 2020 g/mol. The summed E-state index contributed by atoms with van der Waals surface area (Å²) in [6.45, 7) is 33.9. The number of aliphatic hydroxyl groups is 3. The molecule has 7 aliphatic rings. The van der Waals surface area contributed by atoms with Gasteiger partial charge in [0.15, 0.2) is 0 Å². The minimum absolute atomic E-state index is 0.0288. The van der Waals surface area contributed by atoms with Gasteiger partial charge in [-0.05, 0) is 100 Å². The highest BCUT2D eigenvalue weighted by molar-refractivity contribution is 6.66. The summed E-state index contributed by atoms with van der Waals surface area (Å²) >= 11 is 9.41. The first-order valence-corrected chi connectivity index (χ1v) is 45.3. The Hall–Kier alpha value is -10.4. The number of aliphatic imine (C=N–C) groups is 2. The van der Waals surface area contributed by atoms with Gasteiger partial charge in [0.25, 0.3) is 59.1 Å². The molecule has 0 unspecified atom stereocenters. The number of carbonyl (C=O) groups is 19. The number of hydrogen-bond acceptors (Lipinski definition) is 43. The van der Waals surface area contributed by atoms with Gasteiger partial charge in [0.05, 0.1) is 137 Å². The number of hydrogen-bond donors (Lipinski definition) is 5. The maximum Gasteiger partial charge on any atom is 0.358 e. The van der Waals surface area contributed by atoms with Gasteiger partial charge in [-0.3, -0.25) is 62.7 Å². The lowest BCUT2D eigenvalue weighted by atomic mass is 9.96. The van der Waals surface area contributed by atoms with Crippen LogP contribution in [-0.2, 0) is 167 Å². The molecule has 5 N–H and O–H groups in total. The Balaban J connectivity index is -0.000000738. The molecule has 786 valence electrons. The minimum atomic E-state index is -0.993. The van der Waals surface area contributed by atoms with Crippen LogP contribution in [0.2, 0.25) is 0 Å². The zero-order valence-electron chi connectivity index (χ0n) is 79.7. The third-order valence-electron chi connectivity index (χ3n) is 17.4. The molecule has 0 aromatic carbocycles. The molecule has 0 aromatic heterocycles. The molecule has 0 spiro atoms. The molecule has 7 fully saturated rings. The van der Waals surface area contributed by atoms with Crippen LogP contribution in [-0.4, -0.2) is 395 Å². The number of carboxylic acids is 1. The fourth-order valence-corrected chi connectivity index (χ4v) is 10.3. The van der Waals surface area contributed by atoms with Gasteiger partial charge in [0, 0.05) is 76.4 Å². The van der Waals surface area contributed by atoms with Crippen molar-refractivity contribution in [3.8, 4) is 0 Å². The van der Waals surface area contributed by atoms with Gasteiger partial charge in [-0.1, -0.05) is 106 Å². The molecule has 7 rings (SSSR count). The van der Waals surface area contributed by atoms with Gasteiger partial charge in [-0.2, -0.15) is 5.06 Å². The molecule has 5 saturated heterocycles. The molecule has 49 nitrogen and oxygen atoms in total. The van der Waals surface area contributed by atoms with E-state index in [2.05, 4.69) is 127 Å². The molecule has 10 amide bonds. The van der Waals surface area contributed by atoms with E-state index in [9.17, 15) is 91.1 Å². The Kier molecular flexibility index (Phi) is 88.9. The summed E-state index contributed by atoms with van der Waals surface area (Å²) in [7, 11) is 0. The summed E-state index contributed by atoms with van der Waals surface area (Å²) < 4.78 is 58.4. The standard InChI is InChI=1S/C13H22N2.2C13H17NO8.2C10H15NO7.2C6H15N.C6H12O5.C4H5NO3.2C3H3ClO/c1-3-7-12(8-4-1)14-11-15-13-9-5-2-6-10-13;2*1-2-12(17)21-8-7-19-5-6-20-9-13(18)22-14-10(15)3-4-11(14)16;2*12-3-4-16-5-6-17-7-10(15)18-11-8(13)1-2-9(11)14;2*1-4-7(5-2)6-3;7-1-2-10-3-4-11-5-6(8)9;6-3-1-2-4(7)5(3)8;2*1-2-3(4)5/h12-13H,1-10H2;2*2H,1,3-9H2;2*12H,1-7H2;2*4-6H2,1-3H3;7H,1-5H2,(H,8,9);8H,1-2H2;2*2H,1H2. The second kappa shape index (κ2) is 91.7. The molecule has 2 saturated carbocycles. The van der Waals surface area contributed by atoms with Crippen LogP contribution in [0.1, 0.15) is 170 Å². The Labute approximate surface area is 812 Å². The number of amides is 10. The third kappa shape index (κ3) is 77.5. The van der Waals surface area contributed by atoms with Gasteiger partial charge in [0.1, 0.15) is 46.2 Å². The lowest BCUT2D eigenvalue weighted by molar-refractivity contribution is -0.200. The summed E-state index contributed by atoms with van der Waals surface area (Å²) in [4.78, 5) is 237. The van der Waals surface area contributed by atoms with E-state index in [1.807, 2.05) is 0 Å². The fraction of sp³-hybridized carbons (Fsp3) is 0.678. The molecule has 5 heterocycles. The van der Waals surface area contributed by atoms with E-state index in [1.54, 1.807) is 0 Å². The molecule has 5 aliphatic heterocycles. The summed E-state index contributed by atoms with van der Waals surface area (Å²) in [5.74, 6) is -10.7. The third-order valence-corrected chi connectivity index (χ3v) is 17.7. The van der Waals surface area contributed by atoms with Crippen LogP contribution in [0.25, 0.3) is 0 Å². The summed E-state index contributed by atoms with van der Waals surface area (Å²) in [5, 5.41) is 42.6. The molecule has 0 atom stereocenters. The molecule has 0 bridgehead atoms. The highest BCUT2D eigenvalue weighted by Gasteiger charge is 2.36. The number of allylic oxidation sites excluding steroid dienone is 2. The molecule has 0 radical (unpaired) electrons. The van der Waals surface area contributed by atoms with Crippen molar-refractivity contribution in [2.75, 3.05) is 204 Å². The zero-order valence-corrected chi connectivity index (χ0v) is 81.2. The van der Waals surface area contributed by atoms with Gasteiger partial charge < -0.3 is 106 Å². The van der Waals surface area contributed by atoms with E-state index in [4.69, 9.17) is 91.5 Å². The highest BCUT2D eigenvalue weighted by atomic mass is 35.5. The van der Waals surface area contributed by atoms with E-state index >= 15 is 0 Å². The second-order valence-corrected chi connectivity index (χ2v) is 28.4. The van der Waals surface area contributed by atoms with E-state index in [-0.39, 0.29) is 215 Å². The Morgan fingerprint density at radius 2 is 0.536 bits per heavy atom. The van der Waals surface area contributed by atoms with Gasteiger partial charge in [-0.15, -0.1) is 20.3 Å². The number of esters is 2. The lowest BCUT2D eigenvalue weighted by Crippen LogP contribution is -2.33. The van der Waals surface area contributed by atoms with Gasteiger partial charge in [0.2, 0.25) is 10.5 Å². The second-order valence-electron chi connectivity index (χ2n) is 27.6. The SMILES string of the molecule is C(=NC1CCCCC1)=NC1CCCCC1.C=CC(=O)Cl.C=CC(=O)Cl.C=CC(=O)OCCOCCOCC(=O)ON1C(=O)CCC1=O.C=CC(=O)OCCOCCOCC(=O)ON1C(=O)CCC1=O.CCN(CC)CC.CCN(CC)CC.O=C(COCCOCCO)ON1C(=O)CCC1=O.O=C(COCCOCCO)ON1C(=O)CCC1=O.O=C(O)COCCOCCO.O=C1CCC(=O)N1O. The smallest absolute Gasteiger partial charge is 0.358 e. The maximum absolute atomic E-state index is 11.3. The lowest BCUT2D eigenvalue weighted by Gasteiger charge is -2.17. The predicted molar refractivity (Wildman–Crippen MR) is 484 cm³/mol. The first kappa shape index (κ1) is 134. The molecule has 51 heteroatoms. The van der Waals surface area contributed by atoms with Crippen molar-refractivity contribution in [1.82, 2.24) is 35.1 Å². The van der Waals surface area contributed by atoms with Crippen LogP contribution >= 0.6 is 23.2 Å². The quantitative estimate of drug-likeness (QED) is 0.0111. The van der Waals surface area contributed by atoms with Crippen molar-refractivity contribution < 1.29 is 193 Å². The summed E-state index contributed by atoms with van der Waals surface area (Å²) in [6, 6.07) is 4.04. The van der Waals surface area contributed by atoms with E-state index < -0.39 is 125 Å². The molecular formula is C87H139Cl2N9O40. The Morgan fingerprint density at radius 1 is 0.333 bits per heavy atom. The van der Waals surface area contributed by atoms with Crippen LogP contribution in [0.15, 0.2) is 60.6 Å². The average Bonchev–Trinajstić information content (AvgIpc) is 1.69. The normalized spacial score (nSPS) is 14.6. The van der Waals surface area contributed by atoms with E-state index in [0.29, 0.717) is 38.9 Å². The number of carboxylic acid groups (broad SMARTS) is 1. The van der Waals surface area contributed by atoms with Crippen molar-refractivity contribution in [3.63, 3.8) is 0 Å². The highest BCUT2D eigenvalue weighted by Crippen LogP contribution is 2.22. The van der Waals surface area contributed by atoms with Gasteiger partial charge in [-0.25, -0.2) is 43.5 Å². The minimum Gasteiger partial charge on any atom is -0.480 e. The number of imide groups is 5. The van der Waals surface area contributed by atoms with Gasteiger partial charge >= 0.3 is 41.8 Å². The first-order valence-electron chi connectivity index (χ1n) is 44.5. The van der Waals surface area contributed by atoms with E-state index in [0.717, 1.165) is 24.3 Å². The number of carbonyl (C=O) groups excluding carboxylic acids is 18. The monoisotopic (exact) mass is 2020 g/mol. The van der Waals surface area contributed by atoms with Crippen molar-refractivity contribution in [2.45, 2.75) is 182 Å². The number of rotatable bonds is 53. The van der Waals surface area contributed by atoms with Crippen LogP contribution in [0.4, 0.5) is 0 Å². The summed E-state index contributed by atoms with van der Waals surface area (Å²) in [5.41, 5.74) is 0. The number of nitrogens with zero attached hydrogens (tertiary/aromatic N) is 9. The number of hydroxylamine groups is 10. The van der Waals surface area contributed by atoms with E-state index in [1.165, 1.54) is 103 Å². The van der Waals surface area contributed by atoms with Crippen molar-refractivity contribution in [2.24, 2.45) is 9.98 Å². The van der Waals surface area contributed by atoms with Crippen LogP contribution < -0.4 is 0 Å². The van der Waals surface area contributed by atoms with Crippen molar-refractivity contribution in [1.29, 1.82) is 0 Å².